The fourth-order valence-corrected chi connectivity index (χ4v) is 0.188. The molecule has 0 saturated carbocycles. The van der Waals surface area contributed by atoms with Gasteiger partial charge in [-0.25, -0.2) is 0 Å². The molecule has 0 amide bonds. The zero-order chi connectivity index (χ0) is 6.41. The topological polar surface area (TPSA) is 78.2 Å². The van der Waals surface area contributed by atoms with E-state index in [1.54, 1.807) is 6.92 Å². The molecule has 0 rings (SSSR count). The molecule has 0 fully saturated rings. The van der Waals surface area contributed by atoms with Gasteiger partial charge >= 0.3 is 0 Å². The third-order valence-corrected chi connectivity index (χ3v) is 0.589. The van der Waals surface area contributed by atoms with E-state index >= 15 is 0 Å². The number of hydrogen-bond acceptors (Lipinski definition) is 3. The van der Waals surface area contributed by atoms with E-state index in [0.717, 1.165) is 0 Å². The first-order chi connectivity index (χ1) is 3.81. The maximum atomic E-state index is 9.58. The van der Waals surface area contributed by atoms with Gasteiger partial charge in [-0.05, 0) is 12.5 Å². The van der Waals surface area contributed by atoms with Crippen LogP contribution in [-0.2, 0) is 0 Å². The predicted octanol–water partition coefficient (Wildman–Crippen LogP) is 1.45. The second-order valence-corrected chi connectivity index (χ2v) is 1.37. The minimum absolute atomic E-state index is 0.153. The lowest BCUT2D eigenvalue weighted by molar-refractivity contribution is 0.744. The molecular formula is C3H6N4O. The van der Waals surface area contributed by atoms with Gasteiger partial charge in [0.1, 0.15) is 0 Å². The molecule has 5 nitrogen and oxygen atoms in total. The Morgan fingerprint density at radius 3 is 2.88 bits per heavy atom. The van der Waals surface area contributed by atoms with Gasteiger partial charge < -0.3 is 0 Å². The number of nitrogens with zero attached hydrogens (tertiary/aromatic N) is 4. The summed E-state index contributed by atoms with van der Waals surface area (Å²) in [5.74, 6) is 0. The Morgan fingerprint density at radius 1 is 1.88 bits per heavy atom. The Morgan fingerprint density at radius 2 is 2.50 bits per heavy atom. The molecule has 1 atom stereocenters. The normalized spacial score (nSPS) is 11.6. The molecule has 0 aromatic carbocycles. The van der Waals surface area contributed by atoms with Crippen molar-refractivity contribution in [3.8, 4) is 0 Å². The summed E-state index contributed by atoms with van der Waals surface area (Å²) in [6.45, 7) is 1.74. The van der Waals surface area contributed by atoms with E-state index in [1.165, 1.54) is 0 Å². The molecule has 0 heterocycles. The molecule has 0 N–H and O–H groups in total. The Bertz CT molecular complexity index is 116. The van der Waals surface area contributed by atoms with Gasteiger partial charge in [0.15, 0.2) is 0 Å². The summed E-state index contributed by atoms with van der Waals surface area (Å²) in [6.07, 6.45) is 0. The summed E-state index contributed by atoms with van der Waals surface area (Å²) in [5, 5.41) is 5.74. The summed E-state index contributed by atoms with van der Waals surface area (Å²) >= 11 is 0. The van der Waals surface area contributed by atoms with E-state index < -0.39 is 6.04 Å². The molecule has 5 heteroatoms. The van der Waals surface area contributed by atoms with Crippen molar-refractivity contribution >= 4 is 0 Å². The number of azide groups is 1. The van der Waals surface area contributed by atoms with Crippen molar-refractivity contribution in [2.24, 2.45) is 10.3 Å². The van der Waals surface area contributed by atoms with Crippen LogP contribution in [0.25, 0.3) is 10.4 Å². The van der Waals surface area contributed by atoms with Crippen molar-refractivity contribution in [2.75, 3.05) is 6.54 Å². The van der Waals surface area contributed by atoms with Crippen LogP contribution in [0.1, 0.15) is 6.92 Å². The standard InChI is InChI=1S/C3H6N4O/c1-3(6-8)2-5-7-4/h3H,2H2,1H3. The van der Waals surface area contributed by atoms with Crippen LogP contribution >= 0.6 is 0 Å². The fourth-order valence-electron chi connectivity index (χ4n) is 0.188. The average Bonchev–Trinajstić information content (AvgIpc) is 1.83. The molecule has 44 valence electrons. The largest absolute Gasteiger partial charge is 0.151 e. The fraction of sp³-hybridized carbons (Fsp3) is 1.00. The van der Waals surface area contributed by atoms with Crippen molar-refractivity contribution in [1.29, 1.82) is 0 Å². The van der Waals surface area contributed by atoms with Crippen LogP contribution in [0.2, 0.25) is 0 Å². The van der Waals surface area contributed by atoms with Crippen molar-refractivity contribution in [3.05, 3.63) is 15.3 Å². The number of nitroso groups, excluding NO2 is 1. The van der Waals surface area contributed by atoms with Crippen LogP contribution in [0.15, 0.2) is 10.3 Å². The zero-order valence-electron chi connectivity index (χ0n) is 4.48. The summed E-state index contributed by atoms with van der Waals surface area (Å²) in [6, 6.07) is -0.397. The quantitative estimate of drug-likeness (QED) is 0.236. The van der Waals surface area contributed by atoms with E-state index in [1.807, 2.05) is 0 Å². The Balaban J connectivity index is 3.38. The van der Waals surface area contributed by atoms with Crippen LogP contribution in [0.5, 0.6) is 0 Å². The third kappa shape index (κ3) is 3.11. The van der Waals surface area contributed by atoms with Gasteiger partial charge in [-0.2, -0.15) is 4.91 Å². The SMILES string of the molecule is CC(CN=[N+]=[N-])N=O. The summed E-state index contributed by atoms with van der Waals surface area (Å²) < 4.78 is 0. The maximum absolute atomic E-state index is 9.58. The first-order valence-corrected chi connectivity index (χ1v) is 2.14. The van der Waals surface area contributed by atoms with E-state index in [9.17, 15) is 4.91 Å². The maximum Gasteiger partial charge on any atom is 0.0947 e. The van der Waals surface area contributed by atoms with Crippen LogP contribution in [0.3, 0.4) is 0 Å². The monoisotopic (exact) mass is 114 g/mol. The number of rotatable bonds is 3. The molecular weight excluding hydrogens is 108 g/mol. The molecule has 0 aromatic heterocycles. The highest BCUT2D eigenvalue weighted by molar-refractivity contribution is 4.60. The van der Waals surface area contributed by atoms with E-state index in [2.05, 4.69) is 15.2 Å². The highest BCUT2D eigenvalue weighted by Gasteiger charge is 1.94. The Labute approximate surface area is 46.3 Å². The Kier molecular flexibility index (Phi) is 3.52. The van der Waals surface area contributed by atoms with E-state index in [-0.39, 0.29) is 6.54 Å². The van der Waals surface area contributed by atoms with Crippen LogP contribution in [-0.4, -0.2) is 12.6 Å². The lowest BCUT2D eigenvalue weighted by atomic mass is 10.4. The molecule has 8 heavy (non-hydrogen) atoms. The van der Waals surface area contributed by atoms with Gasteiger partial charge in [0.05, 0.1) is 12.6 Å². The molecule has 1 unspecified atom stereocenters. The molecule has 0 radical (unpaired) electrons. The van der Waals surface area contributed by atoms with Gasteiger partial charge in [-0.1, -0.05) is 10.3 Å². The lowest BCUT2D eigenvalue weighted by Gasteiger charge is -1.89. The molecule has 0 aliphatic heterocycles. The molecule has 0 bridgehead atoms. The van der Waals surface area contributed by atoms with Gasteiger partial charge in [-0.3, -0.25) is 0 Å². The van der Waals surface area contributed by atoms with E-state index in [4.69, 9.17) is 5.53 Å². The van der Waals surface area contributed by atoms with Crippen LogP contribution in [0.4, 0.5) is 0 Å². The highest BCUT2D eigenvalue weighted by Crippen LogP contribution is 1.87. The summed E-state index contributed by atoms with van der Waals surface area (Å²) in [5.41, 5.74) is 7.73. The average molecular weight is 114 g/mol. The molecule has 0 saturated heterocycles. The van der Waals surface area contributed by atoms with Crippen molar-refractivity contribution in [3.63, 3.8) is 0 Å². The van der Waals surface area contributed by atoms with Crippen molar-refractivity contribution in [2.45, 2.75) is 13.0 Å². The van der Waals surface area contributed by atoms with Gasteiger partial charge in [0.25, 0.3) is 0 Å². The molecule has 0 aliphatic carbocycles. The first-order valence-electron chi connectivity index (χ1n) is 2.14. The first kappa shape index (κ1) is 6.91. The molecule has 0 spiro atoms. The zero-order valence-corrected chi connectivity index (χ0v) is 4.48. The minimum Gasteiger partial charge on any atom is -0.151 e. The van der Waals surface area contributed by atoms with Gasteiger partial charge in [-0.15, -0.1) is 0 Å². The minimum atomic E-state index is -0.397. The smallest absolute Gasteiger partial charge is 0.0947 e. The summed E-state index contributed by atoms with van der Waals surface area (Å²) in [4.78, 5) is 12.0. The molecule has 0 aromatic rings. The number of hydrogen-bond donors (Lipinski definition) is 0. The molecule has 0 aliphatic rings. The van der Waals surface area contributed by atoms with Gasteiger partial charge in [0, 0.05) is 4.91 Å². The van der Waals surface area contributed by atoms with Crippen LogP contribution < -0.4 is 0 Å². The van der Waals surface area contributed by atoms with Crippen molar-refractivity contribution in [1.82, 2.24) is 0 Å². The third-order valence-electron chi connectivity index (χ3n) is 0.589. The highest BCUT2D eigenvalue weighted by atomic mass is 16.3. The van der Waals surface area contributed by atoms with E-state index in [0.29, 0.717) is 0 Å². The predicted molar refractivity (Wildman–Crippen MR) is 29.3 cm³/mol. The lowest BCUT2D eigenvalue weighted by Crippen LogP contribution is -1.99. The van der Waals surface area contributed by atoms with Crippen molar-refractivity contribution < 1.29 is 0 Å². The van der Waals surface area contributed by atoms with Gasteiger partial charge in [0.2, 0.25) is 0 Å². The summed E-state index contributed by atoms with van der Waals surface area (Å²) in [7, 11) is 0. The second kappa shape index (κ2) is 4.08. The Hall–Kier alpha value is -1.09. The second-order valence-electron chi connectivity index (χ2n) is 1.37. The van der Waals surface area contributed by atoms with Crippen LogP contribution in [0, 0.1) is 4.91 Å².